The summed E-state index contributed by atoms with van der Waals surface area (Å²) in [5.41, 5.74) is 2.54. The van der Waals surface area contributed by atoms with Gasteiger partial charge in [0, 0.05) is 25.2 Å². The summed E-state index contributed by atoms with van der Waals surface area (Å²) in [7, 11) is 0. The number of hydrogen-bond acceptors (Lipinski definition) is 2. The highest BCUT2D eigenvalue weighted by molar-refractivity contribution is 5.94. The number of amides is 3. The number of carbonyl (C=O) groups excluding carboxylic acids is 2. The Bertz CT molecular complexity index is 702. The van der Waals surface area contributed by atoms with Crippen LogP contribution in [-0.4, -0.2) is 25.0 Å². The zero-order valence-corrected chi connectivity index (χ0v) is 13.4. The third kappa shape index (κ3) is 5.72. The summed E-state index contributed by atoms with van der Waals surface area (Å²) in [5.74, 6) is -0.699. The topological polar surface area (TPSA) is 70.2 Å². The number of halogens is 1. The molecule has 0 heterocycles. The summed E-state index contributed by atoms with van der Waals surface area (Å²) >= 11 is 0. The number of aryl methyl sites for hydroxylation is 1. The number of urea groups is 1. The van der Waals surface area contributed by atoms with Crippen LogP contribution >= 0.6 is 0 Å². The lowest BCUT2D eigenvalue weighted by Gasteiger charge is -2.09. The van der Waals surface area contributed by atoms with Crippen molar-refractivity contribution in [2.24, 2.45) is 0 Å². The minimum atomic E-state index is -0.390. The van der Waals surface area contributed by atoms with Crippen LogP contribution in [0.2, 0.25) is 0 Å². The molecule has 0 unspecified atom stereocenters. The molecule has 126 valence electrons. The van der Waals surface area contributed by atoms with Crippen molar-refractivity contribution < 1.29 is 14.0 Å². The molecule has 2 rings (SSSR count). The van der Waals surface area contributed by atoms with Crippen LogP contribution in [0.25, 0.3) is 0 Å². The summed E-state index contributed by atoms with van der Waals surface area (Å²) < 4.78 is 12.8. The predicted octanol–water partition coefficient (Wildman–Crippen LogP) is 2.36. The fourth-order valence-electron chi connectivity index (χ4n) is 2.12. The zero-order chi connectivity index (χ0) is 17.4. The molecule has 0 aliphatic rings. The van der Waals surface area contributed by atoms with Gasteiger partial charge in [-0.2, -0.15) is 0 Å². The minimum Gasteiger partial charge on any atom is -0.350 e. The van der Waals surface area contributed by atoms with Gasteiger partial charge in [0.15, 0.2) is 0 Å². The standard InChI is InChI=1S/C18H20FN3O2/c1-13-3-2-4-14(11-13)12-22-18(24)21-10-9-20-17(23)15-5-7-16(19)8-6-15/h2-8,11H,9-10,12H2,1H3,(H,20,23)(H2,21,22,24). The van der Waals surface area contributed by atoms with Gasteiger partial charge in [-0.3, -0.25) is 4.79 Å². The molecule has 2 aromatic rings. The van der Waals surface area contributed by atoms with Crippen LogP contribution in [0.4, 0.5) is 9.18 Å². The number of benzene rings is 2. The van der Waals surface area contributed by atoms with E-state index in [1.807, 2.05) is 31.2 Å². The lowest BCUT2D eigenvalue weighted by Crippen LogP contribution is -2.40. The van der Waals surface area contributed by atoms with E-state index in [1.54, 1.807) is 0 Å². The molecule has 0 radical (unpaired) electrons. The fraction of sp³-hybridized carbons (Fsp3) is 0.222. The number of hydrogen-bond donors (Lipinski definition) is 3. The molecular weight excluding hydrogens is 309 g/mol. The van der Waals surface area contributed by atoms with Crippen molar-refractivity contribution in [2.75, 3.05) is 13.1 Å². The van der Waals surface area contributed by atoms with Gasteiger partial charge in [-0.15, -0.1) is 0 Å². The van der Waals surface area contributed by atoms with Gasteiger partial charge in [-0.1, -0.05) is 29.8 Å². The van der Waals surface area contributed by atoms with Crippen LogP contribution < -0.4 is 16.0 Å². The number of carbonyl (C=O) groups is 2. The second-order valence-electron chi connectivity index (χ2n) is 5.36. The van der Waals surface area contributed by atoms with Crippen LogP contribution in [0.1, 0.15) is 21.5 Å². The maximum Gasteiger partial charge on any atom is 0.315 e. The van der Waals surface area contributed by atoms with E-state index in [0.29, 0.717) is 18.7 Å². The normalized spacial score (nSPS) is 10.1. The van der Waals surface area contributed by atoms with Crippen LogP contribution in [0.15, 0.2) is 48.5 Å². The molecule has 0 fully saturated rings. The Labute approximate surface area is 140 Å². The molecule has 24 heavy (non-hydrogen) atoms. The van der Waals surface area contributed by atoms with E-state index < -0.39 is 5.82 Å². The van der Waals surface area contributed by atoms with Gasteiger partial charge in [-0.25, -0.2) is 9.18 Å². The molecular formula is C18H20FN3O2. The van der Waals surface area contributed by atoms with Crippen LogP contribution in [0.3, 0.4) is 0 Å². The Kier molecular flexibility index (Phi) is 6.31. The minimum absolute atomic E-state index is 0.286. The Balaban J connectivity index is 1.64. The predicted molar refractivity (Wildman–Crippen MR) is 90.2 cm³/mol. The van der Waals surface area contributed by atoms with Gasteiger partial charge in [-0.05, 0) is 36.8 Å². The highest BCUT2D eigenvalue weighted by Gasteiger charge is 2.05. The van der Waals surface area contributed by atoms with Crippen molar-refractivity contribution in [3.63, 3.8) is 0 Å². The molecule has 2 aromatic carbocycles. The molecule has 0 bridgehead atoms. The third-order valence-corrected chi connectivity index (χ3v) is 3.34. The summed E-state index contributed by atoms with van der Waals surface area (Å²) in [6.45, 7) is 3.02. The first-order chi connectivity index (χ1) is 11.5. The first-order valence-electron chi connectivity index (χ1n) is 7.65. The quantitative estimate of drug-likeness (QED) is 0.712. The maximum atomic E-state index is 12.8. The van der Waals surface area contributed by atoms with Crippen LogP contribution in [0.5, 0.6) is 0 Å². The zero-order valence-electron chi connectivity index (χ0n) is 13.4. The maximum absolute atomic E-state index is 12.8. The molecule has 0 aliphatic heterocycles. The first kappa shape index (κ1) is 17.5. The highest BCUT2D eigenvalue weighted by Crippen LogP contribution is 2.03. The van der Waals surface area contributed by atoms with Crippen molar-refractivity contribution >= 4 is 11.9 Å². The largest absolute Gasteiger partial charge is 0.350 e. The molecule has 3 N–H and O–H groups in total. The summed E-state index contributed by atoms with van der Waals surface area (Å²) in [4.78, 5) is 23.5. The molecule has 0 atom stereocenters. The molecule has 0 saturated carbocycles. The van der Waals surface area contributed by atoms with Crippen molar-refractivity contribution in [3.05, 3.63) is 71.0 Å². The van der Waals surface area contributed by atoms with Gasteiger partial charge in [0.2, 0.25) is 0 Å². The summed E-state index contributed by atoms with van der Waals surface area (Å²) in [6, 6.07) is 12.9. The molecule has 0 aromatic heterocycles. The Morgan fingerprint density at radius 2 is 1.67 bits per heavy atom. The first-order valence-corrected chi connectivity index (χ1v) is 7.65. The van der Waals surface area contributed by atoms with Gasteiger partial charge < -0.3 is 16.0 Å². The molecule has 3 amide bonds. The summed E-state index contributed by atoms with van der Waals surface area (Å²) in [5, 5.41) is 8.06. The smallest absolute Gasteiger partial charge is 0.315 e. The van der Waals surface area contributed by atoms with Gasteiger partial charge >= 0.3 is 6.03 Å². The Morgan fingerprint density at radius 3 is 2.38 bits per heavy atom. The molecule has 0 aliphatic carbocycles. The molecule has 0 saturated heterocycles. The second-order valence-corrected chi connectivity index (χ2v) is 5.36. The lowest BCUT2D eigenvalue weighted by atomic mass is 10.1. The second kappa shape index (κ2) is 8.67. The average molecular weight is 329 g/mol. The monoisotopic (exact) mass is 329 g/mol. The van der Waals surface area contributed by atoms with E-state index in [2.05, 4.69) is 16.0 Å². The van der Waals surface area contributed by atoms with Crippen LogP contribution in [-0.2, 0) is 6.54 Å². The van der Waals surface area contributed by atoms with Crippen LogP contribution in [0, 0.1) is 12.7 Å². The van der Waals surface area contributed by atoms with Crippen molar-refractivity contribution in [3.8, 4) is 0 Å². The Hall–Kier alpha value is -2.89. The number of nitrogens with one attached hydrogen (secondary N) is 3. The van der Waals surface area contributed by atoms with E-state index in [9.17, 15) is 14.0 Å². The van der Waals surface area contributed by atoms with Crippen molar-refractivity contribution in [1.29, 1.82) is 0 Å². The summed E-state index contributed by atoms with van der Waals surface area (Å²) in [6.07, 6.45) is 0. The fourth-order valence-corrected chi connectivity index (χ4v) is 2.12. The van der Waals surface area contributed by atoms with E-state index in [0.717, 1.165) is 11.1 Å². The van der Waals surface area contributed by atoms with Gasteiger partial charge in [0.25, 0.3) is 5.91 Å². The molecule has 5 nitrogen and oxygen atoms in total. The molecule has 0 spiro atoms. The molecule has 6 heteroatoms. The van der Waals surface area contributed by atoms with E-state index in [4.69, 9.17) is 0 Å². The van der Waals surface area contributed by atoms with Crippen molar-refractivity contribution in [1.82, 2.24) is 16.0 Å². The Morgan fingerprint density at radius 1 is 0.958 bits per heavy atom. The highest BCUT2D eigenvalue weighted by atomic mass is 19.1. The SMILES string of the molecule is Cc1cccc(CNC(=O)NCCNC(=O)c2ccc(F)cc2)c1. The van der Waals surface area contributed by atoms with Crippen molar-refractivity contribution in [2.45, 2.75) is 13.5 Å². The number of rotatable bonds is 6. The van der Waals surface area contributed by atoms with E-state index in [-0.39, 0.29) is 18.5 Å². The van der Waals surface area contributed by atoms with Gasteiger partial charge in [0.1, 0.15) is 5.82 Å². The van der Waals surface area contributed by atoms with E-state index in [1.165, 1.54) is 24.3 Å². The third-order valence-electron chi connectivity index (χ3n) is 3.34. The lowest BCUT2D eigenvalue weighted by molar-refractivity contribution is 0.0954. The van der Waals surface area contributed by atoms with E-state index >= 15 is 0 Å². The average Bonchev–Trinajstić information content (AvgIpc) is 2.57. The van der Waals surface area contributed by atoms with Gasteiger partial charge in [0.05, 0.1) is 0 Å².